The standard InChI is InChI=1S/C6H12NO2/c1-3-4-7-5-6(8)9-2/h4,7H,3,5H2,1-2H3. The van der Waals surface area contributed by atoms with Crippen LogP contribution in [0.1, 0.15) is 13.3 Å². The first-order chi connectivity index (χ1) is 4.31. The summed E-state index contributed by atoms with van der Waals surface area (Å²) in [6.45, 7) is 4.07. The van der Waals surface area contributed by atoms with Gasteiger partial charge in [0.1, 0.15) is 0 Å². The Labute approximate surface area is 55.4 Å². The quantitative estimate of drug-likeness (QED) is 0.440. The van der Waals surface area contributed by atoms with E-state index in [1.54, 1.807) is 0 Å². The summed E-state index contributed by atoms with van der Waals surface area (Å²) in [4.78, 5) is 10.4. The Morgan fingerprint density at radius 1 is 1.78 bits per heavy atom. The van der Waals surface area contributed by atoms with Gasteiger partial charge in [-0.2, -0.15) is 0 Å². The molecular formula is C6H12NO2. The first kappa shape index (κ1) is 8.43. The van der Waals surface area contributed by atoms with E-state index in [9.17, 15) is 4.79 Å². The molecule has 1 N–H and O–H groups in total. The first-order valence-electron chi connectivity index (χ1n) is 2.93. The second-order valence-corrected chi connectivity index (χ2v) is 1.57. The zero-order chi connectivity index (χ0) is 7.11. The molecule has 1 radical (unpaired) electrons. The predicted octanol–water partition coefficient (Wildman–Crippen LogP) is 0.321. The summed E-state index contributed by atoms with van der Waals surface area (Å²) < 4.78 is 4.38. The fourth-order valence-electron chi connectivity index (χ4n) is 0.372. The van der Waals surface area contributed by atoms with Crippen LogP contribution in [0.25, 0.3) is 0 Å². The number of rotatable bonds is 4. The molecule has 3 nitrogen and oxygen atoms in total. The summed E-state index contributed by atoms with van der Waals surface area (Å²) >= 11 is 0. The molecule has 53 valence electrons. The minimum atomic E-state index is -0.236. The van der Waals surface area contributed by atoms with Crippen LogP contribution >= 0.6 is 0 Å². The number of esters is 1. The summed E-state index contributed by atoms with van der Waals surface area (Å²) in [6, 6.07) is 0. The Bertz CT molecular complexity index is 83.1. The highest BCUT2D eigenvalue weighted by molar-refractivity contribution is 5.71. The van der Waals surface area contributed by atoms with Gasteiger partial charge in [0, 0.05) is 6.54 Å². The minimum absolute atomic E-state index is 0.236. The third-order valence-corrected chi connectivity index (χ3v) is 0.823. The first-order valence-corrected chi connectivity index (χ1v) is 2.93. The molecule has 0 bridgehead atoms. The summed E-state index contributed by atoms with van der Waals surface area (Å²) in [5, 5.41) is 2.79. The summed E-state index contributed by atoms with van der Waals surface area (Å²) in [5.74, 6) is -0.236. The summed E-state index contributed by atoms with van der Waals surface area (Å²) in [6.07, 6.45) is 0.914. The smallest absolute Gasteiger partial charge is 0.319 e. The van der Waals surface area contributed by atoms with Crippen molar-refractivity contribution in [3.8, 4) is 0 Å². The number of ether oxygens (including phenoxy) is 1. The van der Waals surface area contributed by atoms with E-state index in [-0.39, 0.29) is 12.5 Å². The molecular weight excluding hydrogens is 118 g/mol. The van der Waals surface area contributed by atoms with E-state index in [1.807, 2.05) is 13.5 Å². The molecule has 0 aliphatic heterocycles. The fourth-order valence-corrected chi connectivity index (χ4v) is 0.372. The van der Waals surface area contributed by atoms with Gasteiger partial charge in [0.25, 0.3) is 0 Å². The molecule has 0 fully saturated rings. The molecule has 0 aromatic heterocycles. The maximum Gasteiger partial charge on any atom is 0.319 e. The van der Waals surface area contributed by atoms with Crippen molar-refractivity contribution in [2.24, 2.45) is 0 Å². The van der Waals surface area contributed by atoms with Gasteiger partial charge in [-0.15, -0.1) is 0 Å². The molecule has 9 heavy (non-hydrogen) atoms. The van der Waals surface area contributed by atoms with Gasteiger partial charge in [-0.25, -0.2) is 0 Å². The van der Waals surface area contributed by atoms with Gasteiger partial charge < -0.3 is 10.1 Å². The lowest BCUT2D eigenvalue weighted by Crippen LogP contribution is -2.21. The van der Waals surface area contributed by atoms with Gasteiger partial charge in [-0.1, -0.05) is 6.92 Å². The predicted molar refractivity (Wildman–Crippen MR) is 34.6 cm³/mol. The summed E-state index contributed by atoms with van der Waals surface area (Å²) in [7, 11) is 1.37. The van der Waals surface area contributed by atoms with Crippen molar-refractivity contribution in [1.29, 1.82) is 0 Å². The zero-order valence-corrected chi connectivity index (χ0v) is 5.81. The van der Waals surface area contributed by atoms with E-state index >= 15 is 0 Å². The van der Waals surface area contributed by atoms with E-state index in [0.29, 0.717) is 0 Å². The van der Waals surface area contributed by atoms with E-state index in [2.05, 4.69) is 10.1 Å². The van der Waals surface area contributed by atoms with Crippen molar-refractivity contribution < 1.29 is 9.53 Å². The molecule has 3 heteroatoms. The average molecular weight is 130 g/mol. The maximum absolute atomic E-state index is 10.4. The number of hydrogen-bond acceptors (Lipinski definition) is 3. The number of hydrogen-bond donors (Lipinski definition) is 1. The maximum atomic E-state index is 10.4. The molecule has 0 aliphatic rings. The molecule has 0 aromatic carbocycles. The lowest BCUT2D eigenvalue weighted by molar-refractivity contribution is -0.139. The van der Waals surface area contributed by atoms with E-state index < -0.39 is 0 Å². The van der Waals surface area contributed by atoms with Crippen molar-refractivity contribution in [3.05, 3.63) is 6.54 Å². The van der Waals surface area contributed by atoms with Gasteiger partial charge in [-0.05, 0) is 6.42 Å². The molecule has 0 heterocycles. The third-order valence-electron chi connectivity index (χ3n) is 0.823. The highest BCUT2D eigenvalue weighted by atomic mass is 16.5. The van der Waals surface area contributed by atoms with Gasteiger partial charge in [0.05, 0.1) is 13.7 Å². The van der Waals surface area contributed by atoms with Crippen molar-refractivity contribution in [2.75, 3.05) is 13.7 Å². The SMILES string of the molecule is CC[CH]NCC(=O)OC. The molecule has 0 saturated carbocycles. The molecule has 0 amide bonds. The monoisotopic (exact) mass is 130 g/mol. The lowest BCUT2D eigenvalue weighted by atomic mass is 10.5. The van der Waals surface area contributed by atoms with E-state index in [4.69, 9.17) is 0 Å². The molecule has 0 unspecified atom stereocenters. The van der Waals surface area contributed by atoms with Crippen molar-refractivity contribution in [3.63, 3.8) is 0 Å². The Morgan fingerprint density at radius 3 is 2.89 bits per heavy atom. The van der Waals surface area contributed by atoms with Gasteiger partial charge in [-0.3, -0.25) is 4.79 Å². The topological polar surface area (TPSA) is 38.3 Å². The molecule has 0 rings (SSSR count). The van der Waals surface area contributed by atoms with Gasteiger partial charge in [0.15, 0.2) is 0 Å². The molecule has 0 aromatic rings. The number of methoxy groups -OCH3 is 1. The van der Waals surface area contributed by atoms with Crippen molar-refractivity contribution in [2.45, 2.75) is 13.3 Å². The largest absolute Gasteiger partial charge is 0.468 e. The second-order valence-electron chi connectivity index (χ2n) is 1.57. The van der Waals surface area contributed by atoms with Crippen LogP contribution < -0.4 is 5.32 Å². The Balaban J connectivity index is 2.97. The van der Waals surface area contributed by atoms with Crippen molar-refractivity contribution in [1.82, 2.24) is 5.32 Å². The lowest BCUT2D eigenvalue weighted by Gasteiger charge is -1.98. The van der Waals surface area contributed by atoms with Crippen LogP contribution in [0.5, 0.6) is 0 Å². The second kappa shape index (κ2) is 5.56. The van der Waals surface area contributed by atoms with Gasteiger partial charge in [0.2, 0.25) is 0 Å². The molecule has 0 spiro atoms. The van der Waals surface area contributed by atoms with Crippen LogP contribution in [-0.4, -0.2) is 19.6 Å². The van der Waals surface area contributed by atoms with Crippen LogP contribution in [0, 0.1) is 6.54 Å². The number of carbonyl (C=O) groups excluding carboxylic acids is 1. The van der Waals surface area contributed by atoms with E-state index in [0.717, 1.165) is 6.42 Å². The van der Waals surface area contributed by atoms with Crippen LogP contribution in [-0.2, 0) is 9.53 Å². The molecule has 0 atom stereocenters. The average Bonchev–Trinajstić information content (AvgIpc) is 1.89. The third kappa shape index (κ3) is 5.30. The molecule has 0 aliphatic carbocycles. The fraction of sp³-hybridized carbons (Fsp3) is 0.667. The number of nitrogens with one attached hydrogen (secondary N) is 1. The summed E-state index contributed by atoms with van der Waals surface area (Å²) in [5.41, 5.74) is 0. The highest BCUT2D eigenvalue weighted by Gasteiger charge is 1.95. The van der Waals surface area contributed by atoms with E-state index in [1.165, 1.54) is 7.11 Å². The van der Waals surface area contributed by atoms with Crippen LogP contribution in [0.15, 0.2) is 0 Å². The van der Waals surface area contributed by atoms with Gasteiger partial charge >= 0.3 is 5.97 Å². The van der Waals surface area contributed by atoms with Crippen LogP contribution in [0.4, 0.5) is 0 Å². The number of carbonyl (C=O) groups is 1. The zero-order valence-electron chi connectivity index (χ0n) is 5.81. The van der Waals surface area contributed by atoms with Crippen molar-refractivity contribution >= 4 is 5.97 Å². The van der Waals surface area contributed by atoms with Crippen LogP contribution in [0.2, 0.25) is 0 Å². The normalized spacial score (nSPS) is 9.11. The minimum Gasteiger partial charge on any atom is -0.468 e. The van der Waals surface area contributed by atoms with Crippen LogP contribution in [0.3, 0.4) is 0 Å². The Morgan fingerprint density at radius 2 is 2.44 bits per heavy atom. The Hall–Kier alpha value is -0.570. The molecule has 0 saturated heterocycles. The highest BCUT2D eigenvalue weighted by Crippen LogP contribution is 1.77. The Kier molecular flexibility index (Phi) is 5.21.